The predicted molar refractivity (Wildman–Crippen MR) is 50.2 cm³/mol. The monoisotopic (exact) mass is 174 g/mol. The molecule has 0 saturated carbocycles. The maximum atomic E-state index is 5.40. The normalized spacial score (nSPS) is 10.2. The van der Waals surface area contributed by atoms with Crippen molar-refractivity contribution in [2.45, 2.75) is 6.42 Å². The van der Waals surface area contributed by atoms with Gasteiger partial charge in [0.25, 0.3) is 0 Å². The lowest BCUT2D eigenvalue weighted by Crippen LogP contribution is -1.86. The lowest BCUT2D eigenvalue weighted by atomic mass is 10.1. The van der Waals surface area contributed by atoms with Crippen molar-refractivity contribution < 1.29 is 4.52 Å². The molecule has 0 amide bonds. The Bertz CT molecular complexity index is 381. The molecule has 2 rings (SSSR count). The fraction of sp³-hybridized carbons (Fsp3) is 0.100. The van der Waals surface area contributed by atoms with Gasteiger partial charge in [-0.2, -0.15) is 0 Å². The third-order valence-corrected chi connectivity index (χ3v) is 1.81. The highest BCUT2D eigenvalue weighted by Crippen LogP contribution is 2.10. The number of benzene rings is 1. The van der Waals surface area contributed by atoms with Crippen molar-refractivity contribution in [2.24, 2.45) is 0 Å². The Balaban J connectivity index is 2.15. The van der Waals surface area contributed by atoms with E-state index in [2.05, 4.69) is 5.16 Å². The Labute approximate surface area is 76.2 Å². The number of rotatable bonds is 2. The lowest BCUT2D eigenvalue weighted by molar-refractivity contribution is 0.429. The number of hydrogen-bond acceptors (Lipinski definition) is 3. The molecule has 0 aliphatic rings. The number of anilines is 1. The van der Waals surface area contributed by atoms with Gasteiger partial charge in [0.05, 0.1) is 5.69 Å². The van der Waals surface area contributed by atoms with E-state index in [1.54, 1.807) is 6.07 Å². The molecule has 0 fully saturated rings. The van der Waals surface area contributed by atoms with Crippen LogP contribution in [-0.2, 0) is 6.42 Å². The van der Waals surface area contributed by atoms with E-state index in [4.69, 9.17) is 10.3 Å². The second kappa shape index (κ2) is 3.31. The molecule has 0 bridgehead atoms. The number of nitrogen functional groups attached to an aromatic ring is 1. The summed E-state index contributed by atoms with van der Waals surface area (Å²) in [5.41, 5.74) is 7.47. The summed E-state index contributed by atoms with van der Waals surface area (Å²) >= 11 is 0. The molecular formula is C10H10N2O. The summed E-state index contributed by atoms with van der Waals surface area (Å²) in [6.45, 7) is 0. The predicted octanol–water partition coefficient (Wildman–Crippen LogP) is 1.85. The second-order valence-corrected chi connectivity index (χ2v) is 2.88. The van der Waals surface area contributed by atoms with E-state index in [9.17, 15) is 0 Å². The molecule has 13 heavy (non-hydrogen) atoms. The van der Waals surface area contributed by atoms with E-state index >= 15 is 0 Å². The van der Waals surface area contributed by atoms with Gasteiger partial charge in [-0.25, -0.2) is 0 Å². The van der Waals surface area contributed by atoms with Gasteiger partial charge in [0.15, 0.2) is 0 Å². The van der Waals surface area contributed by atoms with Crippen LogP contribution >= 0.6 is 0 Å². The summed E-state index contributed by atoms with van der Waals surface area (Å²) in [5, 5.41) is 3.81. The van der Waals surface area contributed by atoms with Gasteiger partial charge in [-0.3, -0.25) is 0 Å². The van der Waals surface area contributed by atoms with Gasteiger partial charge < -0.3 is 10.3 Å². The van der Waals surface area contributed by atoms with Crippen LogP contribution in [0.1, 0.15) is 11.3 Å². The van der Waals surface area contributed by atoms with Crippen LogP contribution in [0.15, 0.2) is 40.9 Å². The van der Waals surface area contributed by atoms with Crippen LogP contribution in [0, 0.1) is 0 Å². The summed E-state index contributed by atoms with van der Waals surface area (Å²) in [7, 11) is 0. The molecule has 3 heteroatoms. The second-order valence-electron chi connectivity index (χ2n) is 2.88. The van der Waals surface area contributed by atoms with E-state index < -0.39 is 0 Å². The van der Waals surface area contributed by atoms with E-state index in [-0.39, 0.29) is 0 Å². The fourth-order valence-corrected chi connectivity index (χ4v) is 1.22. The zero-order valence-electron chi connectivity index (χ0n) is 7.10. The minimum absolute atomic E-state index is 0.367. The first kappa shape index (κ1) is 7.86. The van der Waals surface area contributed by atoms with Crippen LogP contribution in [0.3, 0.4) is 0 Å². The summed E-state index contributed by atoms with van der Waals surface area (Å²) in [4.78, 5) is 0. The van der Waals surface area contributed by atoms with Crippen molar-refractivity contribution >= 4 is 5.88 Å². The van der Waals surface area contributed by atoms with Crippen LogP contribution in [0.5, 0.6) is 0 Å². The Morgan fingerprint density at radius 2 is 2.00 bits per heavy atom. The zero-order chi connectivity index (χ0) is 9.10. The first-order valence-corrected chi connectivity index (χ1v) is 4.09. The van der Waals surface area contributed by atoms with Crippen molar-refractivity contribution in [2.75, 3.05) is 5.73 Å². The number of hydrogen-bond donors (Lipinski definition) is 1. The molecule has 1 aromatic heterocycles. The molecule has 2 N–H and O–H groups in total. The van der Waals surface area contributed by atoms with Gasteiger partial charge in [-0.1, -0.05) is 35.5 Å². The summed E-state index contributed by atoms with van der Waals surface area (Å²) in [6.07, 6.45) is 0.765. The maximum absolute atomic E-state index is 5.40. The highest BCUT2D eigenvalue weighted by molar-refractivity contribution is 5.28. The van der Waals surface area contributed by atoms with Crippen molar-refractivity contribution in [1.82, 2.24) is 5.16 Å². The van der Waals surface area contributed by atoms with Crippen molar-refractivity contribution in [1.29, 1.82) is 0 Å². The average Bonchev–Trinajstić information content (AvgIpc) is 2.53. The SMILES string of the molecule is Nc1cc(Cc2ccccc2)no1. The minimum Gasteiger partial charge on any atom is -0.368 e. The molecule has 0 aliphatic carbocycles. The molecule has 0 saturated heterocycles. The molecule has 66 valence electrons. The molecule has 3 nitrogen and oxygen atoms in total. The Hall–Kier alpha value is -1.77. The lowest BCUT2D eigenvalue weighted by Gasteiger charge is -1.94. The fourth-order valence-electron chi connectivity index (χ4n) is 1.22. The van der Waals surface area contributed by atoms with Crippen molar-refractivity contribution in [3.05, 3.63) is 47.7 Å². The van der Waals surface area contributed by atoms with Gasteiger partial charge in [-0.05, 0) is 5.56 Å². The molecule has 2 aromatic rings. The molecule has 1 heterocycles. The molecule has 0 atom stereocenters. The first-order valence-electron chi connectivity index (χ1n) is 4.09. The van der Waals surface area contributed by atoms with Crippen LogP contribution < -0.4 is 5.73 Å². The van der Waals surface area contributed by atoms with Gasteiger partial charge in [0, 0.05) is 12.5 Å². The zero-order valence-corrected chi connectivity index (χ0v) is 7.10. The summed E-state index contributed by atoms with van der Waals surface area (Å²) in [5.74, 6) is 0.367. The Morgan fingerprint density at radius 3 is 2.62 bits per heavy atom. The molecule has 0 radical (unpaired) electrons. The van der Waals surface area contributed by atoms with E-state index in [0.29, 0.717) is 5.88 Å². The molecule has 0 unspecified atom stereocenters. The van der Waals surface area contributed by atoms with Crippen LogP contribution in [0.2, 0.25) is 0 Å². The van der Waals surface area contributed by atoms with Gasteiger partial charge in [0.1, 0.15) is 0 Å². The summed E-state index contributed by atoms with van der Waals surface area (Å²) < 4.78 is 4.76. The third-order valence-electron chi connectivity index (χ3n) is 1.81. The van der Waals surface area contributed by atoms with Gasteiger partial charge in [-0.15, -0.1) is 0 Å². The highest BCUT2D eigenvalue weighted by Gasteiger charge is 2.00. The molecular weight excluding hydrogens is 164 g/mol. The first-order chi connectivity index (χ1) is 6.34. The topological polar surface area (TPSA) is 52.0 Å². The van der Waals surface area contributed by atoms with Crippen molar-refractivity contribution in [3.63, 3.8) is 0 Å². The van der Waals surface area contributed by atoms with E-state index in [1.807, 2.05) is 30.3 Å². The largest absolute Gasteiger partial charge is 0.368 e. The third kappa shape index (κ3) is 1.87. The number of nitrogens with two attached hydrogens (primary N) is 1. The van der Waals surface area contributed by atoms with Crippen molar-refractivity contribution in [3.8, 4) is 0 Å². The van der Waals surface area contributed by atoms with E-state index in [1.165, 1.54) is 5.56 Å². The quantitative estimate of drug-likeness (QED) is 0.755. The molecule has 1 aromatic carbocycles. The van der Waals surface area contributed by atoms with E-state index in [0.717, 1.165) is 12.1 Å². The molecule has 0 aliphatic heterocycles. The highest BCUT2D eigenvalue weighted by atomic mass is 16.5. The number of nitrogens with zero attached hydrogens (tertiary/aromatic N) is 1. The van der Waals surface area contributed by atoms with Crippen LogP contribution in [0.25, 0.3) is 0 Å². The van der Waals surface area contributed by atoms with Crippen LogP contribution in [-0.4, -0.2) is 5.16 Å². The molecule has 0 spiro atoms. The maximum Gasteiger partial charge on any atom is 0.222 e. The Morgan fingerprint density at radius 1 is 1.23 bits per heavy atom. The average molecular weight is 174 g/mol. The van der Waals surface area contributed by atoms with Crippen LogP contribution in [0.4, 0.5) is 5.88 Å². The Kier molecular flexibility index (Phi) is 2.00. The number of aromatic nitrogens is 1. The minimum atomic E-state index is 0.367. The standard InChI is InChI=1S/C10H10N2O/c11-10-7-9(12-13-10)6-8-4-2-1-3-5-8/h1-5,7H,6,11H2. The summed E-state index contributed by atoms with van der Waals surface area (Å²) in [6, 6.07) is 11.8. The van der Waals surface area contributed by atoms with Gasteiger partial charge >= 0.3 is 0 Å². The smallest absolute Gasteiger partial charge is 0.222 e. The van der Waals surface area contributed by atoms with Gasteiger partial charge in [0.2, 0.25) is 5.88 Å².